The molecule has 6 nitrogen and oxygen atoms in total. The topological polar surface area (TPSA) is 79.8 Å². The molecule has 4 rings (SSSR count). The number of hydrogen-bond acceptors (Lipinski definition) is 3. The van der Waals surface area contributed by atoms with E-state index in [1.807, 2.05) is 42.5 Å². The van der Waals surface area contributed by atoms with Crippen LogP contribution >= 0.6 is 11.6 Å². The first-order valence-electron chi connectivity index (χ1n) is 8.70. The number of fused-ring (bicyclic) bond motifs is 1. The molecule has 2 N–H and O–H groups in total. The van der Waals surface area contributed by atoms with Gasteiger partial charge in [0.1, 0.15) is 0 Å². The van der Waals surface area contributed by atoms with E-state index in [4.69, 9.17) is 11.6 Å². The van der Waals surface area contributed by atoms with Gasteiger partial charge < -0.3 is 9.88 Å². The third kappa shape index (κ3) is 3.54. The first-order chi connectivity index (χ1) is 13.5. The molecular formula is C21H17ClN4O2. The molecule has 0 fully saturated rings. The highest BCUT2D eigenvalue weighted by Crippen LogP contribution is 2.27. The van der Waals surface area contributed by atoms with Gasteiger partial charge in [0, 0.05) is 36.0 Å². The number of nitrogens with one attached hydrogen (secondary N) is 2. The second-order valence-electron chi connectivity index (χ2n) is 6.52. The summed E-state index contributed by atoms with van der Waals surface area (Å²) in [5.74, 6) is -0.131. The van der Waals surface area contributed by atoms with Crippen molar-refractivity contribution in [3.8, 4) is 11.1 Å². The molecule has 0 saturated carbocycles. The Morgan fingerprint density at radius 2 is 2.07 bits per heavy atom. The van der Waals surface area contributed by atoms with Crippen molar-refractivity contribution in [1.82, 2.24) is 14.8 Å². The quantitative estimate of drug-likeness (QED) is 0.549. The van der Waals surface area contributed by atoms with Crippen molar-refractivity contribution < 1.29 is 4.79 Å². The smallest absolute Gasteiger partial charge is 0.258 e. The molecule has 0 atom stereocenters. The number of carbonyl (C=O) groups is 1. The SMILES string of the molecule is CC(=O)Nc1cccc(Cn2ccc3cc(-c4c[nH]nc4Cl)ccc3c2=O)c1. The zero-order valence-corrected chi connectivity index (χ0v) is 15.8. The molecule has 2 aromatic carbocycles. The summed E-state index contributed by atoms with van der Waals surface area (Å²) < 4.78 is 1.65. The maximum absolute atomic E-state index is 12.9. The molecule has 0 aliphatic rings. The van der Waals surface area contributed by atoms with Crippen LogP contribution in [0.2, 0.25) is 5.15 Å². The molecular weight excluding hydrogens is 376 g/mol. The average Bonchev–Trinajstić information content (AvgIpc) is 3.09. The van der Waals surface area contributed by atoms with Crippen molar-refractivity contribution >= 4 is 34.0 Å². The van der Waals surface area contributed by atoms with E-state index in [0.29, 0.717) is 22.8 Å². The van der Waals surface area contributed by atoms with E-state index < -0.39 is 0 Å². The van der Waals surface area contributed by atoms with Crippen molar-refractivity contribution in [3.05, 3.63) is 82.0 Å². The number of pyridine rings is 1. The van der Waals surface area contributed by atoms with Gasteiger partial charge in [-0.15, -0.1) is 0 Å². The highest BCUT2D eigenvalue weighted by molar-refractivity contribution is 6.32. The Balaban J connectivity index is 1.68. The van der Waals surface area contributed by atoms with Gasteiger partial charge in [-0.1, -0.05) is 29.8 Å². The van der Waals surface area contributed by atoms with Gasteiger partial charge in [0.05, 0.1) is 6.54 Å². The van der Waals surface area contributed by atoms with Crippen LogP contribution in [0, 0.1) is 0 Å². The number of aromatic nitrogens is 3. The molecule has 0 aliphatic heterocycles. The summed E-state index contributed by atoms with van der Waals surface area (Å²) in [4.78, 5) is 24.1. The van der Waals surface area contributed by atoms with Crippen LogP contribution in [-0.2, 0) is 11.3 Å². The van der Waals surface area contributed by atoms with Crippen LogP contribution in [0.3, 0.4) is 0 Å². The molecule has 2 aromatic heterocycles. The molecule has 0 aliphatic carbocycles. The van der Waals surface area contributed by atoms with E-state index in [1.165, 1.54) is 6.92 Å². The lowest BCUT2D eigenvalue weighted by Crippen LogP contribution is -2.20. The molecule has 1 amide bonds. The van der Waals surface area contributed by atoms with Gasteiger partial charge in [-0.2, -0.15) is 5.10 Å². The van der Waals surface area contributed by atoms with Crippen LogP contribution < -0.4 is 10.9 Å². The summed E-state index contributed by atoms with van der Waals surface area (Å²) in [6, 6.07) is 15.0. The van der Waals surface area contributed by atoms with Crippen molar-refractivity contribution in [1.29, 1.82) is 0 Å². The summed E-state index contributed by atoms with van der Waals surface area (Å²) in [7, 11) is 0. The first kappa shape index (κ1) is 18.0. The van der Waals surface area contributed by atoms with E-state index >= 15 is 0 Å². The minimum atomic E-state index is -0.131. The standard InChI is InChI=1S/C21H17ClN4O2/c1-13(27)24-17-4-2-3-14(9-17)12-26-8-7-16-10-15(5-6-18(16)21(26)28)19-11-23-25-20(19)22/h2-11H,12H2,1H3,(H,23,25)(H,24,27). The van der Waals surface area contributed by atoms with E-state index in [2.05, 4.69) is 15.5 Å². The van der Waals surface area contributed by atoms with Crippen LogP contribution in [0.15, 0.2) is 65.7 Å². The Morgan fingerprint density at radius 3 is 2.82 bits per heavy atom. The highest BCUT2D eigenvalue weighted by Gasteiger charge is 2.09. The molecule has 7 heteroatoms. The summed E-state index contributed by atoms with van der Waals surface area (Å²) >= 11 is 6.08. The summed E-state index contributed by atoms with van der Waals surface area (Å²) in [5.41, 5.74) is 3.25. The van der Waals surface area contributed by atoms with Crippen LogP contribution in [0.4, 0.5) is 5.69 Å². The average molecular weight is 393 g/mol. The van der Waals surface area contributed by atoms with Gasteiger partial charge in [0.25, 0.3) is 5.56 Å². The van der Waals surface area contributed by atoms with E-state index in [1.54, 1.807) is 23.0 Å². The molecule has 140 valence electrons. The van der Waals surface area contributed by atoms with Crippen LogP contribution in [0.1, 0.15) is 12.5 Å². The highest BCUT2D eigenvalue weighted by atomic mass is 35.5. The fourth-order valence-corrected chi connectivity index (χ4v) is 3.42. The largest absolute Gasteiger partial charge is 0.326 e. The summed E-state index contributed by atoms with van der Waals surface area (Å²) in [5, 5.41) is 11.3. The Bertz CT molecular complexity index is 1240. The zero-order chi connectivity index (χ0) is 19.7. The lowest BCUT2D eigenvalue weighted by Gasteiger charge is -2.10. The van der Waals surface area contributed by atoms with E-state index in [0.717, 1.165) is 22.1 Å². The van der Waals surface area contributed by atoms with Crippen LogP contribution in [0.5, 0.6) is 0 Å². The van der Waals surface area contributed by atoms with Crippen LogP contribution in [0.25, 0.3) is 21.9 Å². The Morgan fingerprint density at radius 1 is 1.21 bits per heavy atom. The number of rotatable bonds is 4. The summed E-state index contributed by atoms with van der Waals surface area (Å²) in [6.07, 6.45) is 3.50. The first-order valence-corrected chi connectivity index (χ1v) is 9.08. The number of nitrogens with zero attached hydrogens (tertiary/aromatic N) is 2. The maximum Gasteiger partial charge on any atom is 0.258 e. The number of H-pyrrole nitrogens is 1. The third-order valence-electron chi connectivity index (χ3n) is 4.48. The molecule has 0 saturated heterocycles. The normalized spacial score (nSPS) is 10.9. The lowest BCUT2D eigenvalue weighted by atomic mass is 10.0. The Labute approximate surface area is 165 Å². The van der Waals surface area contributed by atoms with E-state index in [-0.39, 0.29) is 11.5 Å². The van der Waals surface area contributed by atoms with Crippen molar-refractivity contribution in [2.75, 3.05) is 5.32 Å². The zero-order valence-electron chi connectivity index (χ0n) is 15.1. The predicted molar refractivity (Wildman–Crippen MR) is 111 cm³/mol. The number of halogens is 1. The van der Waals surface area contributed by atoms with Gasteiger partial charge in [-0.25, -0.2) is 0 Å². The molecule has 0 bridgehead atoms. The fourth-order valence-electron chi connectivity index (χ4n) is 3.20. The second kappa shape index (κ2) is 7.32. The van der Waals surface area contributed by atoms with Gasteiger partial charge in [0.15, 0.2) is 5.15 Å². The van der Waals surface area contributed by atoms with E-state index in [9.17, 15) is 9.59 Å². The van der Waals surface area contributed by atoms with Gasteiger partial charge >= 0.3 is 0 Å². The minimum Gasteiger partial charge on any atom is -0.326 e. The number of amides is 1. The molecule has 0 unspecified atom stereocenters. The number of carbonyl (C=O) groups excluding carboxylic acids is 1. The van der Waals surface area contributed by atoms with Gasteiger partial charge in [-0.3, -0.25) is 14.7 Å². The second-order valence-corrected chi connectivity index (χ2v) is 6.88. The van der Waals surface area contributed by atoms with Crippen molar-refractivity contribution in [2.45, 2.75) is 13.5 Å². The maximum atomic E-state index is 12.9. The number of hydrogen-bond donors (Lipinski definition) is 2. The number of anilines is 1. The molecule has 4 aromatic rings. The molecule has 28 heavy (non-hydrogen) atoms. The van der Waals surface area contributed by atoms with Gasteiger partial charge in [-0.05, 0) is 46.8 Å². The van der Waals surface area contributed by atoms with Crippen molar-refractivity contribution in [2.24, 2.45) is 0 Å². The Kier molecular flexibility index (Phi) is 4.71. The minimum absolute atomic E-state index is 0.0766. The molecule has 2 heterocycles. The van der Waals surface area contributed by atoms with Crippen molar-refractivity contribution in [3.63, 3.8) is 0 Å². The fraction of sp³-hybridized carbons (Fsp3) is 0.0952. The third-order valence-corrected chi connectivity index (χ3v) is 4.77. The number of aromatic amines is 1. The summed E-state index contributed by atoms with van der Waals surface area (Å²) in [6.45, 7) is 1.88. The van der Waals surface area contributed by atoms with Crippen LogP contribution in [-0.4, -0.2) is 20.7 Å². The Hall–Kier alpha value is -3.38. The predicted octanol–water partition coefficient (Wildman–Crippen LogP) is 4.05. The number of benzene rings is 2. The van der Waals surface area contributed by atoms with Gasteiger partial charge in [0.2, 0.25) is 5.91 Å². The monoisotopic (exact) mass is 392 g/mol. The lowest BCUT2D eigenvalue weighted by molar-refractivity contribution is -0.114. The molecule has 0 radical (unpaired) electrons. The molecule has 0 spiro atoms.